The summed E-state index contributed by atoms with van der Waals surface area (Å²) in [5.41, 5.74) is 0.584. The minimum absolute atomic E-state index is 0.00754. The van der Waals surface area contributed by atoms with Crippen LogP contribution in [-0.4, -0.2) is 210 Å². The van der Waals surface area contributed by atoms with E-state index in [4.69, 9.17) is 61.9 Å². The summed E-state index contributed by atoms with van der Waals surface area (Å²) in [6, 6.07) is 13.9. The van der Waals surface area contributed by atoms with E-state index in [0.29, 0.717) is 5.56 Å². The third-order valence-electron chi connectivity index (χ3n) is 13.3. The molecule has 15 atom stereocenters. The molecule has 4 aromatic rings. The van der Waals surface area contributed by atoms with Gasteiger partial charge in [0.25, 0.3) is 0 Å². The lowest BCUT2D eigenvalue weighted by atomic mass is 9.97. The van der Waals surface area contributed by atoms with Crippen molar-refractivity contribution in [3.05, 3.63) is 107 Å². The topological polar surface area (TPSA) is 442 Å². The Balaban J connectivity index is 1.14. The van der Waals surface area contributed by atoms with Crippen molar-refractivity contribution in [3.63, 3.8) is 0 Å². The highest BCUT2D eigenvalue weighted by molar-refractivity contribution is 5.90. The molecule has 0 aromatic heterocycles. The molecule has 0 spiro atoms. The minimum Gasteiger partial charge on any atom is -0.508 e. The maximum absolute atomic E-state index is 13.5. The Bertz CT molecular complexity index is 3080. The Hall–Kier alpha value is -8.46. The lowest BCUT2D eigenvalue weighted by Gasteiger charge is -2.45. The average Bonchev–Trinajstić information content (AvgIpc) is 2.29. The van der Waals surface area contributed by atoms with E-state index in [2.05, 4.69) is 0 Å². The number of carboxylic acid groups (broad SMARTS) is 1. The lowest BCUT2D eigenvalue weighted by Crippen LogP contribution is -2.63. The number of fused-ring (bicyclic) bond motifs is 1. The minimum atomic E-state index is -2.16. The summed E-state index contributed by atoms with van der Waals surface area (Å²) in [4.78, 5) is 49.6. The number of aliphatic hydroxyl groups is 7. The first-order valence-electron chi connectivity index (χ1n) is 25.3. The quantitative estimate of drug-likeness (QED) is 0.0178. The van der Waals surface area contributed by atoms with Crippen molar-refractivity contribution in [2.45, 2.75) is 98.5 Å². The zero-order valence-electron chi connectivity index (χ0n) is 44.1. The van der Waals surface area contributed by atoms with Gasteiger partial charge in [-0.05, 0) is 65.8 Å². The monoisotopic (exact) mass is 1180 g/mol. The molecule has 4 aliphatic heterocycles. The number of carboxylic acids is 1. The van der Waals surface area contributed by atoms with Crippen LogP contribution in [0.4, 0.5) is 0 Å². The molecule has 3 fully saturated rings. The molecule has 3 saturated heterocycles. The van der Waals surface area contributed by atoms with E-state index < -0.39 is 171 Å². The fourth-order valence-corrected chi connectivity index (χ4v) is 8.88. The summed E-state index contributed by atoms with van der Waals surface area (Å²) >= 11 is 0. The van der Waals surface area contributed by atoms with Gasteiger partial charge in [-0.3, -0.25) is 9.59 Å². The average molecular weight is 1180 g/mol. The zero-order chi connectivity index (χ0) is 60.7. The maximum Gasteiger partial charge on any atom is 0.331 e. The van der Waals surface area contributed by atoms with Gasteiger partial charge in [0.05, 0.1) is 26.4 Å². The van der Waals surface area contributed by atoms with Crippen LogP contribution in [0, 0.1) is 0 Å². The SMILES string of the molecule is COc1cc(C=CC(=O)OC2C(OC3C(OC4=Cc5c(cc(O)cc5OC5OC(COC(=O)CC(=O)O)C(O)C(O)C5O)OC4c4ccc(O)c(O)c4)OC(COC(=O)C=Cc4ccc(O)cc4)C(O)C3O)OCC(O)C2O)cc(OC)c1O. The van der Waals surface area contributed by atoms with E-state index in [9.17, 15) is 80.5 Å². The van der Waals surface area contributed by atoms with Crippen LogP contribution in [0.1, 0.15) is 34.8 Å². The predicted molar refractivity (Wildman–Crippen MR) is 276 cm³/mol. The van der Waals surface area contributed by atoms with Gasteiger partial charge in [0, 0.05) is 29.8 Å². The van der Waals surface area contributed by atoms with Crippen molar-refractivity contribution in [3.8, 4) is 51.7 Å². The molecule has 8 rings (SSSR count). The number of benzene rings is 4. The molecule has 13 N–H and O–H groups in total. The molecule has 0 bridgehead atoms. The van der Waals surface area contributed by atoms with Crippen LogP contribution in [0.2, 0.25) is 0 Å². The van der Waals surface area contributed by atoms with Crippen molar-refractivity contribution < 1.29 is 142 Å². The highest BCUT2D eigenvalue weighted by Gasteiger charge is 2.53. The van der Waals surface area contributed by atoms with E-state index in [1.165, 1.54) is 74.9 Å². The van der Waals surface area contributed by atoms with Crippen LogP contribution in [0.25, 0.3) is 18.2 Å². The fourth-order valence-electron chi connectivity index (χ4n) is 8.88. The first-order valence-corrected chi connectivity index (χ1v) is 25.3. The normalized spacial score (nSPS) is 28.5. The number of phenols is 5. The van der Waals surface area contributed by atoms with Gasteiger partial charge in [-0.2, -0.15) is 0 Å². The van der Waals surface area contributed by atoms with E-state index in [-0.39, 0.29) is 45.4 Å². The predicted octanol–water partition coefficient (Wildman–Crippen LogP) is -0.281. The Labute approximate surface area is 474 Å². The molecular weight excluding hydrogens is 1120 g/mol. The summed E-state index contributed by atoms with van der Waals surface area (Å²) in [7, 11) is 2.55. The van der Waals surface area contributed by atoms with Gasteiger partial charge >= 0.3 is 23.9 Å². The summed E-state index contributed by atoms with van der Waals surface area (Å²) in [5.74, 6) is -8.16. The number of aromatic hydroxyl groups is 5. The van der Waals surface area contributed by atoms with Gasteiger partial charge in [-0.15, -0.1) is 0 Å². The van der Waals surface area contributed by atoms with Crippen molar-refractivity contribution in [2.75, 3.05) is 34.0 Å². The number of ether oxygens (including phenoxy) is 12. The summed E-state index contributed by atoms with van der Waals surface area (Å²) in [6.45, 7) is -2.30. The lowest BCUT2D eigenvalue weighted by molar-refractivity contribution is -0.353. The third-order valence-corrected chi connectivity index (χ3v) is 13.3. The Morgan fingerprint density at radius 2 is 1.25 bits per heavy atom. The van der Waals surface area contributed by atoms with E-state index in [0.717, 1.165) is 36.4 Å². The number of esters is 3. The van der Waals surface area contributed by atoms with Gasteiger partial charge in [-0.25, -0.2) is 9.59 Å². The molecule has 84 heavy (non-hydrogen) atoms. The molecule has 452 valence electrons. The number of carbonyl (C=O) groups is 4. The van der Waals surface area contributed by atoms with Crippen molar-refractivity contribution in [1.82, 2.24) is 0 Å². The second-order valence-corrected chi connectivity index (χ2v) is 19.1. The summed E-state index contributed by atoms with van der Waals surface area (Å²) in [5, 5.41) is 139. The van der Waals surface area contributed by atoms with E-state index >= 15 is 0 Å². The molecule has 0 saturated carbocycles. The highest BCUT2D eigenvalue weighted by Crippen LogP contribution is 2.47. The van der Waals surface area contributed by atoms with Crippen LogP contribution < -0.4 is 18.9 Å². The zero-order valence-corrected chi connectivity index (χ0v) is 44.1. The number of phenolic OH excluding ortho intramolecular Hbond substituents is 5. The molecule has 15 unspecified atom stereocenters. The van der Waals surface area contributed by atoms with Gasteiger partial charge in [0.1, 0.15) is 103 Å². The van der Waals surface area contributed by atoms with Crippen molar-refractivity contribution in [2.24, 2.45) is 0 Å². The molecule has 4 aliphatic rings. The summed E-state index contributed by atoms with van der Waals surface area (Å²) in [6.07, 6.45) is -24.1. The number of aliphatic carboxylic acids is 1. The molecule has 4 heterocycles. The second-order valence-electron chi connectivity index (χ2n) is 19.1. The van der Waals surface area contributed by atoms with Crippen LogP contribution >= 0.6 is 0 Å². The molecule has 29 heteroatoms. The molecule has 4 aromatic carbocycles. The maximum atomic E-state index is 13.5. The highest BCUT2D eigenvalue weighted by atomic mass is 16.8. The van der Waals surface area contributed by atoms with Crippen molar-refractivity contribution in [1.29, 1.82) is 0 Å². The summed E-state index contributed by atoms with van der Waals surface area (Å²) < 4.78 is 68.7. The van der Waals surface area contributed by atoms with Gasteiger partial charge in [-0.1, -0.05) is 18.2 Å². The molecule has 0 amide bonds. The smallest absolute Gasteiger partial charge is 0.331 e. The van der Waals surface area contributed by atoms with Crippen LogP contribution in [0.15, 0.2) is 84.6 Å². The molecule has 29 nitrogen and oxygen atoms in total. The van der Waals surface area contributed by atoms with Gasteiger partial charge in [0.15, 0.2) is 47.6 Å². The number of rotatable bonds is 20. The van der Waals surface area contributed by atoms with Gasteiger partial charge in [0.2, 0.25) is 18.3 Å². The second kappa shape index (κ2) is 26.8. The Kier molecular flexibility index (Phi) is 19.7. The number of hydrogen-bond acceptors (Lipinski definition) is 28. The third kappa shape index (κ3) is 14.5. The van der Waals surface area contributed by atoms with Gasteiger partial charge < -0.3 is 123 Å². The Morgan fingerprint density at radius 1 is 0.607 bits per heavy atom. The van der Waals surface area contributed by atoms with Crippen LogP contribution in [0.3, 0.4) is 0 Å². The fraction of sp³-hybridized carbons (Fsp3) is 0.382. The number of aliphatic hydroxyl groups excluding tert-OH is 7. The van der Waals surface area contributed by atoms with Crippen LogP contribution in [-0.2, 0) is 57.1 Å². The molecule has 0 radical (unpaired) electrons. The number of methoxy groups -OCH3 is 2. The first kappa shape index (κ1) is 61.6. The largest absolute Gasteiger partial charge is 0.508 e. The molecular formula is C55H58O29. The molecule has 0 aliphatic carbocycles. The Morgan fingerprint density at radius 3 is 1.92 bits per heavy atom. The van der Waals surface area contributed by atoms with E-state index in [1.807, 2.05) is 0 Å². The first-order chi connectivity index (χ1) is 40.0. The van der Waals surface area contributed by atoms with Crippen molar-refractivity contribution >= 4 is 42.1 Å². The standard InChI is InChI=1S/C55H58O29/c1-73-34-13-24(14-35(74-2)44(34)67)6-12-41(64)83-51-43(66)31(60)20-77-54(51)84-52-48(71)46(69)38(21-75-40(63)11-5-23-3-8-26(56)9-4-23)82-55(52)80-36-18-28-32(78-50(36)25-7-10-29(58)30(59)15-25)16-27(57)17-33(28)79-53-49(72)47(70)45(68)37(81-53)22-76-42(65)19-39(61)62/h3-18,31,37-38,43,45-60,66-72H,19-22H2,1-2H3,(H,61,62). The number of hydrogen-bond donors (Lipinski definition) is 13. The van der Waals surface area contributed by atoms with E-state index in [1.54, 1.807) is 0 Å². The number of carbonyl (C=O) groups excluding carboxylic acids is 3. The van der Waals surface area contributed by atoms with Crippen LogP contribution in [0.5, 0.6) is 51.7 Å².